The second-order valence-corrected chi connectivity index (χ2v) is 5.40. The second-order valence-electron chi connectivity index (χ2n) is 5.40. The molecule has 1 aliphatic heterocycles. The number of hydrogen-bond acceptors (Lipinski definition) is 5. The Balaban J connectivity index is 1.87. The predicted octanol–water partition coefficient (Wildman–Crippen LogP) is 1.92. The normalized spacial score (nSPS) is 14.9. The van der Waals surface area contributed by atoms with Gasteiger partial charge >= 0.3 is 0 Å². The molecule has 1 fully saturated rings. The van der Waals surface area contributed by atoms with Gasteiger partial charge in [-0.05, 0) is 38.1 Å². The van der Waals surface area contributed by atoms with Crippen molar-refractivity contribution in [3.63, 3.8) is 0 Å². The van der Waals surface area contributed by atoms with Crippen molar-refractivity contribution in [1.82, 2.24) is 19.9 Å². The Bertz CT molecular complexity index is 682. The van der Waals surface area contributed by atoms with Crippen molar-refractivity contribution in [3.05, 3.63) is 30.0 Å². The Morgan fingerprint density at radius 3 is 2.82 bits per heavy atom. The number of nitrogens with zero attached hydrogens (tertiary/aromatic N) is 5. The van der Waals surface area contributed by atoms with Crippen LogP contribution in [-0.2, 0) is 6.54 Å². The van der Waals surface area contributed by atoms with Crippen molar-refractivity contribution in [2.24, 2.45) is 0 Å². The van der Waals surface area contributed by atoms with E-state index in [0.29, 0.717) is 5.69 Å². The molecule has 2 heterocycles. The molecule has 3 rings (SSSR count). The van der Waals surface area contributed by atoms with Crippen LogP contribution < -0.4 is 4.74 Å². The summed E-state index contributed by atoms with van der Waals surface area (Å²) in [6.07, 6.45) is 2.53. The van der Waals surface area contributed by atoms with Gasteiger partial charge in [0.2, 0.25) is 0 Å². The molecule has 2 aromatic rings. The molecule has 0 radical (unpaired) electrons. The molecule has 0 atom stereocenters. The van der Waals surface area contributed by atoms with E-state index in [1.165, 1.54) is 12.8 Å². The SMILES string of the molecule is COc1cccc(-c2c(C#N)nnn2CCN2CCCC2)c1. The van der Waals surface area contributed by atoms with Gasteiger partial charge in [-0.2, -0.15) is 5.26 Å². The van der Waals surface area contributed by atoms with Gasteiger partial charge in [-0.1, -0.05) is 17.3 Å². The molecular formula is C16H19N5O. The number of rotatable bonds is 5. The summed E-state index contributed by atoms with van der Waals surface area (Å²) in [5, 5.41) is 17.5. The average Bonchev–Trinajstić information content (AvgIpc) is 3.22. The van der Waals surface area contributed by atoms with E-state index in [1.807, 2.05) is 28.9 Å². The molecular weight excluding hydrogens is 278 g/mol. The lowest BCUT2D eigenvalue weighted by atomic mass is 10.1. The minimum atomic E-state index is 0.356. The van der Waals surface area contributed by atoms with Crippen molar-refractivity contribution in [3.8, 4) is 23.1 Å². The van der Waals surface area contributed by atoms with Gasteiger partial charge in [0.25, 0.3) is 0 Å². The number of aromatic nitrogens is 3. The van der Waals surface area contributed by atoms with Gasteiger partial charge in [-0.3, -0.25) is 0 Å². The number of ether oxygens (including phenoxy) is 1. The summed E-state index contributed by atoms with van der Waals surface area (Å²) in [5.41, 5.74) is 2.03. The molecule has 22 heavy (non-hydrogen) atoms. The molecule has 0 aliphatic carbocycles. The fourth-order valence-corrected chi connectivity index (χ4v) is 2.84. The van der Waals surface area contributed by atoms with E-state index in [2.05, 4.69) is 21.3 Å². The van der Waals surface area contributed by atoms with E-state index >= 15 is 0 Å². The summed E-state index contributed by atoms with van der Waals surface area (Å²) in [6, 6.07) is 9.79. The van der Waals surface area contributed by atoms with Crippen LogP contribution in [0.15, 0.2) is 24.3 Å². The molecule has 0 N–H and O–H groups in total. The van der Waals surface area contributed by atoms with Crippen molar-refractivity contribution >= 4 is 0 Å². The van der Waals surface area contributed by atoms with Gasteiger partial charge in [-0.15, -0.1) is 5.10 Å². The minimum absolute atomic E-state index is 0.356. The Morgan fingerprint density at radius 2 is 2.09 bits per heavy atom. The first kappa shape index (κ1) is 14.5. The third-order valence-corrected chi connectivity index (χ3v) is 4.01. The highest BCUT2D eigenvalue weighted by atomic mass is 16.5. The molecule has 0 saturated carbocycles. The first-order valence-electron chi connectivity index (χ1n) is 7.52. The lowest BCUT2D eigenvalue weighted by Gasteiger charge is -2.15. The summed E-state index contributed by atoms with van der Waals surface area (Å²) in [7, 11) is 1.63. The third kappa shape index (κ3) is 2.95. The van der Waals surface area contributed by atoms with Gasteiger partial charge in [-0.25, -0.2) is 4.68 Å². The van der Waals surface area contributed by atoms with Crippen LogP contribution >= 0.6 is 0 Å². The summed E-state index contributed by atoms with van der Waals surface area (Å²) in [6.45, 7) is 3.97. The Kier molecular flexibility index (Phi) is 4.35. The van der Waals surface area contributed by atoms with Gasteiger partial charge < -0.3 is 9.64 Å². The quantitative estimate of drug-likeness (QED) is 0.843. The molecule has 1 saturated heterocycles. The average molecular weight is 297 g/mol. The van der Waals surface area contributed by atoms with E-state index in [4.69, 9.17) is 4.74 Å². The molecule has 0 amide bonds. The van der Waals surface area contributed by atoms with Crippen LogP contribution in [0.4, 0.5) is 0 Å². The summed E-state index contributed by atoms with van der Waals surface area (Å²) < 4.78 is 7.09. The number of methoxy groups -OCH3 is 1. The standard InChI is InChI=1S/C16H19N5O/c1-22-14-6-4-5-13(11-14)16-15(12-17)18-19-21(16)10-9-20-7-2-3-8-20/h4-6,11H,2-3,7-10H2,1H3. The van der Waals surface area contributed by atoms with Crippen molar-refractivity contribution in [2.45, 2.75) is 19.4 Å². The zero-order valence-corrected chi connectivity index (χ0v) is 12.7. The molecule has 1 aliphatic rings. The first-order chi connectivity index (χ1) is 10.8. The molecule has 0 bridgehead atoms. The molecule has 114 valence electrons. The fourth-order valence-electron chi connectivity index (χ4n) is 2.84. The smallest absolute Gasteiger partial charge is 0.190 e. The van der Waals surface area contributed by atoms with Crippen LogP contribution in [0.2, 0.25) is 0 Å². The second kappa shape index (κ2) is 6.58. The predicted molar refractivity (Wildman–Crippen MR) is 82.4 cm³/mol. The molecule has 0 unspecified atom stereocenters. The molecule has 1 aromatic heterocycles. The van der Waals surface area contributed by atoms with Gasteiger partial charge in [0.05, 0.1) is 13.7 Å². The number of benzene rings is 1. The Hall–Kier alpha value is -2.39. The lowest BCUT2D eigenvalue weighted by Crippen LogP contribution is -2.24. The number of nitriles is 1. The first-order valence-corrected chi connectivity index (χ1v) is 7.52. The maximum Gasteiger partial charge on any atom is 0.190 e. The molecule has 1 aromatic carbocycles. The van der Waals surface area contributed by atoms with Gasteiger partial charge in [0.1, 0.15) is 17.5 Å². The van der Waals surface area contributed by atoms with E-state index in [1.54, 1.807) is 7.11 Å². The summed E-state index contributed by atoms with van der Waals surface area (Å²) in [4.78, 5) is 2.42. The molecule has 6 nitrogen and oxygen atoms in total. The highest BCUT2D eigenvalue weighted by molar-refractivity contribution is 5.66. The minimum Gasteiger partial charge on any atom is -0.497 e. The monoisotopic (exact) mass is 297 g/mol. The largest absolute Gasteiger partial charge is 0.497 e. The van der Waals surface area contributed by atoms with E-state index in [0.717, 1.165) is 43.2 Å². The zero-order chi connectivity index (χ0) is 15.4. The number of hydrogen-bond donors (Lipinski definition) is 0. The van der Waals surface area contributed by atoms with E-state index in [9.17, 15) is 5.26 Å². The maximum atomic E-state index is 9.29. The van der Waals surface area contributed by atoms with Crippen molar-refractivity contribution in [2.75, 3.05) is 26.7 Å². The van der Waals surface area contributed by atoms with Crippen molar-refractivity contribution < 1.29 is 4.74 Å². The van der Waals surface area contributed by atoms with Crippen molar-refractivity contribution in [1.29, 1.82) is 5.26 Å². The van der Waals surface area contributed by atoms with Crippen LogP contribution in [0.1, 0.15) is 18.5 Å². The van der Waals surface area contributed by atoms with Crippen LogP contribution in [0, 0.1) is 11.3 Å². The van der Waals surface area contributed by atoms with Crippen LogP contribution in [0.5, 0.6) is 5.75 Å². The Morgan fingerprint density at radius 1 is 1.27 bits per heavy atom. The number of likely N-dealkylation sites (tertiary alicyclic amines) is 1. The highest BCUT2D eigenvalue weighted by Crippen LogP contribution is 2.25. The van der Waals surface area contributed by atoms with Crippen LogP contribution in [-0.4, -0.2) is 46.6 Å². The molecule has 6 heteroatoms. The summed E-state index contributed by atoms with van der Waals surface area (Å²) in [5.74, 6) is 0.758. The fraction of sp³-hybridized carbons (Fsp3) is 0.438. The van der Waals surface area contributed by atoms with E-state index in [-0.39, 0.29) is 0 Å². The third-order valence-electron chi connectivity index (χ3n) is 4.01. The maximum absolute atomic E-state index is 9.29. The summed E-state index contributed by atoms with van der Waals surface area (Å²) >= 11 is 0. The molecule has 0 spiro atoms. The topological polar surface area (TPSA) is 67.0 Å². The van der Waals surface area contributed by atoms with Crippen LogP contribution in [0.25, 0.3) is 11.3 Å². The van der Waals surface area contributed by atoms with E-state index < -0.39 is 0 Å². The van der Waals surface area contributed by atoms with Gasteiger partial charge in [0.15, 0.2) is 5.69 Å². The van der Waals surface area contributed by atoms with Gasteiger partial charge in [0, 0.05) is 12.1 Å². The van der Waals surface area contributed by atoms with Crippen LogP contribution in [0.3, 0.4) is 0 Å². The zero-order valence-electron chi connectivity index (χ0n) is 12.7. The lowest BCUT2D eigenvalue weighted by molar-refractivity contribution is 0.315. The highest BCUT2D eigenvalue weighted by Gasteiger charge is 2.17. The Labute approximate surface area is 129 Å².